The number of piperidine rings is 1. The van der Waals surface area contributed by atoms with Gasteiger partial charge >= 0.3 is 0 Å². The second-order valence-corrected chi connectivity index (χ2v) is 12.2. The molecule has 0 radical (unpaired) electrons. The number of carbonyl (C=O) groups excluding carboxylic acids is 2. The Bertz CT molecular complexity index is 978. The predicted molar refractivity (Wildman–Crippen MR) is 138 cm³/mol. The van der Waals surface area contributed by atoms with Crippen LogP contribution in [-0.4, -0.2) is 30.7 Å². The minimum Gasteiger partial charge on any atom is -0.387 e. The number of carbonyl (C=O) groups is 2. The third-order valence-corrected chi connectivity index (χ3v) is 10.5. The number of nitrogens with zero attached hydrogens (tertiary/aromatic N) is 1. The fourth-order valence-electron chi connectivity index (χ4n) is 8.03. The van der Waals surface area contributed by atoms with Gasteiger partial charge < -0.3 is 10.2 Å². The van der Waals surface area contributed by atoms with E-state index in [9.17, 15) is 9.59 Å². The van der Waals surface area contributed by atoms with Crippen molar-refractivity contribution in [3.8, 4) is 0 Å². The van der Waals surface area contributed by atoms with Gasteiger partial charge in [-0.15, -0.1) is 11.6 Å². The largest absolute Gasteiger partial charge is 0.387 e. The van der Waals surface area contributed by atoms with Crippen molar-refractivity contribution in [2.45, 2.75) is 59.3 Å². The van der Waals surface area contributed by atoms with E-state index in [0.717, 1.165) is 44.3 Å². The van der Waals surface area contributed by atoms with Crippen molar-refractivity contribution in [2.24, 2.45) is 40.4 Å². The maximum Gasteiger partial charge on any atom is 0.230 e. The van der Waals surface area contributed by atoms with E-state index >= 15 is 0 Å². The number of allylic oxidation sites excluding steroid dienone is 2. The number of benzene rings is 1. The van der Waals surface area contributed by atoms with Gasteiger partial charge in [-0.25, -0.2) is 0 Å². The highest BCUT2D eigenvalue weighted by atomic mass is 35.5. The van der Waals surface area contributed by atoms with Gasteiger partial charge in [-0.1, -0.05) is 39.0 Å². The second kappa shape index (κ2) is 9.00. The Morgan fingerprint density at radius 1 is 1.15 bits per heavy atom. The SMILES string of the molecule is CC(CCl)CN(C(=O)C1CC[C@H]2[C@@H]3CNC4=CC(=O)CC[C@]4(C)[C@@H]3CC[C@]12C)c1ccccc1. The highest BCUT2D eigenvalue weighted by Crippen LogP contribution is 2.64. The molecule has 184 valence electrons. The van der Waals surface area contributed by atoms with Crippen LogP contribution >= 0.6 is 11.6 Å². The highest BCUT2D eigenvalue weighted by molar-refractivity contribution is 6.18. The highest BCUT2D eigenvalue weighted by Gasteiger charge is 2.60. The molecule has 0 aromatic heterocycles. The zero-order chi connectivity index (χ0) is 24.1. The normalized spacial score (nSPS) is 37.5. The standard InChI is InChI=1S/C29H39ClN2O2/c1-19(16-30)18-32(20-7-5-4-6-8-20)27(34)25-10-9-23-22-17-31-26-15-21(33)11-13-29(26,3)24(22)12-14-28(23,25)2/h4-8,15,19,22-25,31H,9-14,16-18H2,1-3H3/t19?,22-,23-,24+,25?,28-,29+/m0/s1. The summed E-state index contributed by atoms with van der Waals surface area (Å²) >= 11 is 6.17. The topological polar surface area (TPSA) is 49.4 Å². The van der Waals surface area contributed by atoms with Gasteiger partial charge in [0.2, 0.25) is 5.91 Å². The summed E-state index contributed by atoms with van der Waals surface area (Å²) in [7, 11) is 0. The smallest absolute Gasteiger partial charge is 0.230 e. The van der Waals surface area contributed by atoms with E-state index in [4.69, 9.17) is 11.6 Å². The molecule has 1 N–H and O–H groups in total. The van der Waals surface area contributed by atoms with Gasteiger partial charge in [0, 0.05) is 54.2 Å². The number of rotatable bonds is 5. The average molecular weight is 483 g/mol. The van der Waals surface area contributed by atoms with Crippen LogP contribution in [0.1, 0.15) is 59.3 Å². The number of fused-ring (bicyclic) bond motifs is 5. The fraction of sp³-hybridized carbons (Fsp3) is 0.655. The molecule has 1 aromatic carbocycles. The molecule has 3 aliphatic carbocycles. The molecule has 5 rings (SSSR count). The number of anilines is 1. The van der Waals surface area contributed by atoms with Crippen molar-refractivity contribution in [3.05, 3.63) is 42.1 Å². The van der Waals surface area contributed by atoms with Crippen molar-refractivity contribution in [1.29, 1.82) is 0 Å². The zero-order valence-corrected chi connectivity index (χ0v) is 21.6. The Morgan fingerprint density at radius 3 is 2.65 bits per heavy atom. The first-order valence-electron chi connectivity index (χ1n) is 13.2. The molecule has 2 saturated carbocycles. The van der Waals surface area contributed by atoms with Crippen LogP contribution < -0.4 is 10.2 Å². The summed E-state index contributed by atoms with van der Waals surface area (Å²) in [6, 6.07) is 10.1. The van der Waals surface area contributed by atoms with Crippen LogP contribution in [0.4, 0.5) is 5.69 Å². The van der Waals surface area contributed by atoms with Gasteiger partial charge in [-0.3, -0.25) is 9.59 Å². The van der Waals surface area contributed by atoms with E-state index in [1.807, 2.05) is 29.2 Å². The number of para-hydroxylation sites is 1. The number of nitrogens with one attached hydrogen (secondary N) is 1. The molecule has 1 aliphatic heterocycles. The quantitative estimate of drug-likeness (QED) is 0.539. The van der Waals surface area contributed by atoms with E-state index in [0.29, 0.717) is 36.6 Å². The van der Waals surface area contributed by atoms with E-state index in [1.165, 1.54) is 5.70 Å². The lowest BCUT2D eigenvalue weighted by Gasteiger charge is -2.58. The summed E-state index contributed by atoms with van der Waals surface area (Å²) < 4.78 is 0. The summed E-state index contributed by atoms with van der Waals surface area (Å²) in [5.74, 6) is 3.11. The van der Waals surface area contributed by atoms with Crippen molar-refractivity contribution in [3.63, 3.8) is 0 Å². The maximum atomic E-state index is 14.2. The van der Waals surface area contributed by atoms with Crippen molar-refractivity contribution in [1.82, 2.24) is 5.32 Å². The third-order valence-electron chi connectivity index (χ3n) is 9.98. The maximum absolute atomic E-state index is 14.2. The minimum atomic E-state index is 0.0270. The first-order valence-corrected chi connectivity index (χ1v) is 13.7. The van der Waals surface area contributed by atoms with E-state index in [1.54, 1.807) is 0 Å². The Labute approximate surface area is 209 Å². The molecule has 0 spiro atoms. The first-order chi connectivity index (χ1) is 16.3. The van der Waals surface area contributed by atoms with Crippen LogP contribution in [0.5, 0.6) is 0 Å². The second-order valence-electron chi connectivity index (χ2n) is 11.9. The molecular weight excluding hydrogens is 444 g/mol. The van der Waals surface area contributed by atoms with Gasteiger partial charge in [0.25, 0.3) is 0 Å². The Kier molecular flexibility index (Phi) is 6.33. The lowest BCUT2D eigenvalue weighted by atomic mass is 9.50. The Balaban J connectivity index is 1.41. The fourth-order valence-corrected chi connectivity index (χ4v) is 8.13. The molecule has 7 atom stereocenters. The number of hydrogen-bond donors (Lipinski definition) is 1. The molecule has 34 heavy (non-hydrogen) atoms. The summed E-state index contributed by atoms with van der Waals surface area (Å²) in [6.07, 6.45) is 7.84. The van der Waals surface area contributed by atoms with Crippen molar-refractivity contribution >= 4 is 29.0 Å². The van der Waals surface area contributed by atoms with Gasteiger partial charge in [-0.2, -0.15) is 0 Å². The number of alkyl halides is 1. The van der Waals surface area contributed by atoms with Crippen molar-refractivity contribution < 1.29 is 9.59 Å². The third kappa shape index (κ3) is 3.81. The molecule has 1 amide bonds. The molecule has 5 heteroatoms. The number of halogens is 1. The Hall–Kier alpha value is -1.81. The lowest BCUT2D eigenvalue weighted by Crippen LogP contribution is -2.57. The number of hydrogen-bond acceptors (Lipinski definition) is 3. The van der Waals surface area contributed by atoms with Crippen LogP contribution in [0.2, 0.25) is 0 Å². The van der Waals surface area contributed by atoms with Crippen LogP contribution in [0.15, 0.2) is 42.1 Å². The molecule has 4 aliphatic rings. The van der Waals surface area contributed by atoms with Gasteiger partial charge in [-0.05, 0) is 73.3 Å². The number of ketones is 1. The summed E-state index contributed by atoms with van der Waals surface area (Å²) in [5.41, 5.74) is 2.26. The Morgan fingerprint density at radius 2 is 1.91 bits per heavy atom. The summed E-state index contributed by atoms with van der Waals surface area (Å²) in [6.45, 7) is 8.49. The van der Waals surface area contributed by atoms with Crippen LogP contribution in [0.3, 0.4) is 0 Å². The molecular formula is C29H39ClN2O2. The lowest BCUT2D eigenvalue weighted by molar-refractivity contribution is -0.130. The first kappa shape index (κ1) is 23.9. The van der Waals surface area contributed by atoms with Gasteiger partial charge in [0.1, 0.15) is 0 Å². The van der Waals surface area contributed by atoms with E-state index < -0.39 is 0 Å². The zero-order valence-electron chi connectivity index (χ0n) is 20.9. The van der Waals surface area contributed by atoms with Crippen LogP contribution in [0.25, 0.3) is 0 Å². The van der Waals surface area contributed by atoms with E-state index in [-0.39, 0.29) is 34.4 Å². The van der Waals surface area contributed by atoms with Gasteiger partial charge in [0.15, 0.2) is 5.78 Å². The molecule has 3 fully saturated rings. The molecule has 2 unspecified atom stereocenters. The molecule has 4 nitrogen and oxygen atoms in total. The van der Waals surface area contributed by atoms with Crippen molar-refractivity contribution in [2.75, 3.05) is 23.9 Å². The summed E-state index contributed by atoms with van der Waals surface area (Å²) in [4.78, 5) is 28.3. The predicted octanol–water partition coefficient (Wildman–Crippen LogP) is 5.81. The monoisotopic (exact) mass is 482 g/mol. The molecule has 0 bridgehead atoms. The number of amides is 1. The van der Waals surface area contributed by atoms with E-state index in [2.05, 4.69) is 38.2 Å². The molecule has 1 heterocycles. The minimum absolute atomic E-state index is 0.0270. The van der Waals surface area contributed by atoms with Crippen LogP contribution in [-0.2, 0) is 9.59 Å². The van der Waals surface area contributed by atoms with Crippen LogP contribution in [0, 0.1) is 40.4 Å². The summed E-state index contributed by atoms with van der Waals surface area (Å²) in [5, 5.41) is 3.68. The average Bonchev–Trinajstić information content (AvgIpc) is 3.20. The molecule has 1 saturated heterocycles. The van der Waals surface area contributed by atoms with Gasteiger partial charge in [0.05, 0.1) is 0 Å². The molecule has 1 aromatic rings.